The molecule has 74 valence electrons. The number of nitrogens with two attached hydrogens (primary N) is 2. The van der Waals surface area contributed by atoms with Gasteiger partial charge in [-0.3, -0.25) is 5.41 Å². The third-order valence-corrected chi connectivity index (χ3v) is 1.25. The van der Waals surface area contributed by atoms with Crippen molar-refractivity contribution in [2.24, 2.45) is 5.73 Å². The number of fused-ring (bicyclic) bond motifs is 1. The van der Waals surface area contributed by atoms with Crippen molar-refractivity contribution >= 4 is 22.8 Å². The number of nitrogens with one attached hydrogen (secondary N) is 2. The summed E-state index contributed by atoms with van der Waals surface area (Å²) in [4.78, 5) is 14.4. The lowest BCUT2D eigenvalue weighted by Gasteiger charge is -1.89. The molecule has 0 bridgehead atoms. The van der Waals surface area contributed by atoms with Gasteiger partial charge < -0.3 is 16.5 Å². The quantitative estimate of drug-likeness (QED) is 0.342. The summed E-state index contributed by atoms with van der Waals surface area (Å²) in [5.41, 5.74) is 11.5. The van der Waals surface area contributed by atoms with Gasteiger partial charge in [-0.15, -0.1) is 0 Å². The second-order valence-electron chi connectivity index (χ2n) is 2.54. The van der Waals surface area contributed by atoms with E-state index in [1.54, 1.807) is 0 Å². The first-order valence-corrected chi connectivity index (χ1v) is 3.81. The second kappa shape index (κ2) is 4.17. The minimum Gasteiger partial charge on any atom is -0.388 e. The van der Waals surface area contributed by atoms with Gasteiger partial charge in [0, 0.05) is 0 Å². The molecule has 2 heterocycles. The van der Waals surface area contributed by atoms with Crippen molar-refractivity contribution in [3.8, 4) is 0 Å². The Hall–Kier alpha value is -2.18. The van der Waals surface area contributed by atoms with Crippen LogP contribution in [-0.2, 0) is 0 Å². The second-order valence-corrected chi connectivity index (χ2v) is 2.54. The number of aromatic amines is 1. The number of anilines is 1. The standard InChI is InChI=1S/C5H5N5.C2H6N2/c6-4-3-5(9-1-7-3)10-2-8-4;1-2(3)4/h1-2H,(H3,6,7,8,9,10);1H3,(H3,3,4). The van der Waals surface area contributed by atoms with Crippen LogP contribution in [0.1, 0.15) is 6.92 Å². The summed E-state index contributed by atoms with van der Waals surface area (Å²) in [5, 5.41) is 6.28. The highest BCUT2D eigenvalue weighted by Crippen LogP contribution is 2.09. The van der Waals surface area contributed by atoms with Crippen LogP contribution in [0.15, 0.2) is 12.7 Å². The zero-order chi connectivity index (χ0) is 10.6. The molecule has 0 saturated carbocycles. The normalized spacial score (nSPS) is 9.21. The number of nitrogens with zero attached hydrogens (tertiary/aromatic N) is 3. The molecular formula is C7H11N7. The molecule has 7 heteroatoms. The first-order valence-electron chi connectivity index (χ1n) is 3.81. The number of imidazole rings is 1. The number of aromatic nitrogens is 4. The van der Waals surface area contributed by atoms with Crippen molar-refractivity contribution in [1.29, 1.82) is 5.41 Å². The van der Waals surface area contributed by atoms with E-state index in [2.05, 4.69) is 19.9 Å². The van der Waals surface area contributed by atoms with E-state index in [4.69, 9.17) is 16.9 Å². The predicted molar refractivity (Wildman–Crippen MR) is 53.7 cm³/mol. The monoisotopic (exact) mass is 193 g/mol. The maximum atomic E-state index is 6.28. The van der Waals surface area contributed by atoms with Crippen LogP contribution < -0.4 is 11.5 Å². The van der Waals surface area contributed by atoms with Crippen molar-refractivity contribution < 1.29 is 0 Å². The van der Waals surface area contributed by atoms with Gasteiger partial charge in [-0.25, -0.2) is 15.0 Å². The molecule has 0 aromatic carbocycles. The molecule has 0 unspecified atom stereocenters. The molecule has 0 fully saturated rings. The molecule has 0 aliphatic carbocycles. The van der Waals surface area contributed by atoms with E-state index in [-0.39, 0.29) is 5.84 Å². The zero-order valence-electron chi connectivity index (χ0n) is 7.65. The van der Waals surface area contributed by atoms with Crippen LogP contribution in [-0.4, -0.2) is 25.8 Å². The van der Waals surface area contributed by atoms with Gasteiger partial charge in [0.1, 0.15) is 11.8 Å². The Morgan fingerprint density at radius 1 is 1.43 bits per heavy atom. The summed E-state index contributed by atoms with van der Waals surface area (Å²) in [7, 11) is 0. The van der Waals surface area contributed by atoms with E-state index in [1.807, 2.05) is 0 Å². The Balaban J connectivity index is 0.000000213. The van der Waals surface area contributed by atoms with Crippen molar-refractivity contribution in [2.45, 2.75) is 6.92 Å². The molecule has 2 rings (SSSR count). The Morgan fingerprint density at radius 3 is 2.64 bits per heavy atom. The molecule has 0 amide bonds. The third-order valence-electron chi connectivity index (χ3n) is 1.25. The number of hydrogen-bond donors (Lipinski definition) is 4. The summed E-state index contributed by atoms with van der Waals surface area (Å²) < 4.78 is 0. The maximum absolute atomic E-state index is 6.28. The van der Waals surface area contributed by atoms with Crippen LogP contribution in [0.25, 0.3) is 11.2 Å². The highest BCUT2D eigenvalue weighted by Gasteiger charge is 1.99. The SMILES string of the molecule is CC(=N)N.Nc1ncnc2nc[nH]c12. The fourth-order valence-corrected chi connectivity index (χ4v) is 0.784. The average Bonchev–Trinajstić information content (AvgIpc) is 2.52. The summed E-state index contributed by atoms with van der Waals surface area (Å²) in [6, 6.07) is 0. The predicted octanol–water partition coefficient (Wildman–Crippen LogP) is -0.123. The highest BCUT2D eigenvalue weighted by molar-refractivity contribution is 5.80. The van der Waals surface area contributed by atoms with Gasteiger partial charge in [-0.2, -0.15) is 0 Å². The molecule has 0 spiro atoms. The largest absolute Gasteiger partial charge is 0.388 e. The summed E-state index contributed by atoms with van der Waals surface area (Å²) in [6.45, 7) is 1.53. The number of hydrogen-bond acceptors (Lipinski definition) is 5. The average molecular weight is 193 g/mol. The fraction of sp³-hybridized carbons (Fsp3) is 0.143. The molecule has 14 heavy (non-hydrogen) atoms. The van der Waals surface area contributed by atoms with Crippen molar-refractivity contribution in [1.82, 2.24) is 19.9 Å². The van der Waals surface area contributed by atoms with Crippen LogP contribution in [0.5, 0.6) is 0 Å². The van der Waals surface area contributed by atoms with Crippen molar-refractivity contribution in [3.05, 3.63) is 12.7 Å². The first kappa shape index (κ1) is 9.90. The molecule has 0 atom stereocenters. The lowest BCUT2D eigenvalue weighted by atomic mass is 10.5. The Bertz CT molecular complexity index is 428. The Kier molecular flexibility index (Phi) is 2.95. The Labute approximate surface area is 80.1 Å². The summed E-state index contributed by atoms with van der Waals surface area (Å²) in [5.74, 6) is 0.600. The topological polar surface area (TPSA) is 130 Å². The van der Waals surface area contributed by atoms with E-state index < -0.39 is 0 Å². The number of nitrogen functional groups attached to an aromatic ring is 1. The van der Waals surface area contributed by atoms with Crippen LogP contribution in [0.3, 0.4) is 0 Å². The first-order chi connectivity index (χ1) is 6.61. The van der Waals surface area contributed by atoms with Gasteiger partial charge in [0.2, 0.25) is 0 Å². The number of H-pyrrole nitrogens is 1. The molecular weight excluding hydrogens is 182 g/mol. The lowest BCUT2D eigenvalue weighted by molar-refractivity contribution is 1.21. The van der Waals surface area contributed by atoms with Crippen molar-refractivity contribution in [2.75, 3.05) is 5.73 Å². The van der Waals surface area contributed by atoms with Crippen LogP contribution >= 0.6 is 0 Å². The lowest BCUT2D eigenvalue weighted by Crippen LogP contribution is -2.00. The summed E-state index contributed by atoms with van der Waals surface area (Å²) >= 11 is 0. The van der Waals surface area contributed by atoms with Crippen LogP contribution in [0.4, 0.5) is 5.82 Å². The molecule has 6 N–H and O–H groups in total. The number of rotatable bonds is 0. The van der Waals surface area contributed by atoms with Crippen LogP contribution in [0.2, 0.25) is 0 Å². The van der Waals surface area contributed by atoms with Gasteiger partial charge in [-0.1, -0.05) is 0 Å². The minimum atomic E-state index is 0.167. The molecule has 2 aromatic heterocycles. The number of amidine groups is 1. The van der Waals surface area contributed by atoms with Gasteiger partial charge in [0.25, 0.3) is 0 Å². The Morgan fingerprint density at radius 2 is 2.07 bits per heavy atom. The van der Waals surface area contributed by atoms with E-state index >= 15 is 0 Å². The summed E-state index contributed by atoms with van der Waals surface area (Å²) in [6.07, 6.45) is 2.92. The van der Waals surface area contributed by atoms with Crippen molar-refractivity contribution in [3.63, 3.8) is 0 Å². The van der Waals surface area contributed by atoms with Gasteiger partial charge in [0.15, 0.2) is 11.5 Å². The molecule has 0 aliphatic rings. The highest BCUT2D eigenvalue weighted by atomic mass is 15.0. The molecule has 0 radical (unpaired) electrons. The third kappa shape index (κ3) is 2.41. The van der Waals surface area contributed by atoms with Gasteiger partial charge >= 0.3 is 0 Å². The molecule has 0 saturated heterocycles. The van der Waals surface area contributed by atoms with Gasteiger partial charge in [0.05, 0.1) is 12.2 Å². The van der Waals surface area contributed by atoms with E-state index in [1.165, 1.54) is 19.6 Å². The van der Waals surface area contributed by atoms with E-state index in [0.29, 0.717) is 17.0 Å². The zero-order valence-corrected chi connectivity index (χ0v) is 7.65. The maximum Gasteiger partial charge on any atom is 0.182 e. The van der Waals surface area contributed by atoms with Crippen LogP contribution in [0, 0.1) is 5.41 Å². The molecule has 0 aliphatic heterocycles. The van der Waals surface area contributed by atoms with E-state index in [0.717, 1.165) is 0 Å². The van der Waals surface area contributed by atoms with E-state index in [9.17, 15) is 0 Å². The molecule has 2 aromatic rings. The smallest absolute Gasteiger partial charge is 0.182 e. The molecule has 7 nitrogen and oxygen atoms in total. The minimum absolute atomic E-state index is 0.167. The fourth-order valence-electron chi connectivity index (χ4n) is 0.784. The van der Waals surface area contributed by atoms with Gasteiger partial charge in [-0.05, 0) is 6.92 Å².